The molecule has 0 saturated heterocycles. The van der Waals surface area contributed by atoms with Crippen molar-refractivity contribution in [2.75, 3.05) is 0 Å². The minimum atomic E-state index is -0.814. The molecule has 3 heteroatoms. The van der Waals surface area contributed by atoms with Gasteiger partial charge in [0.2, 0.25) is 0 Å². The molecule has 1 aromatic rings. The Morgan fingerprint density at radius 2 is 2.00 bits per heavy atom. The molecule has 17 heavy (non-hydrogen) atoms. The van der Waals surface area contributed by atoms with E-state index < -0.39 is 12.0 Å². The molecule has 2 N–H and O–H groups in total. The number of carboxylic acid groups (broad SMARTS) is 1. The number of benzene rings is 1. The molecule has 0 aliphatic carbocycles. The Bertz CT molecular complexity index is 376. The summed E-state index contributed by atoms with van der Waals surface area (Å²) in [5, 5.41) is 12.5. The summed E-state index contributed by atoms with van der Waals surface area (Å²) < 4.78 is 0. The number of carbonyl (C=O) groups is 1. The fourth-order valence-corrected chi connectivity index (χ4v) is 1.83. The summed E-state index contributed by atoms with van der Waals surface area (Å²) in [6.07, 6.45) is 1.76. The fraction of sp³-hybridized carbons (Fsp3) is 0.500. The molecule has 0 fully saturated rings. The van der Waals surface area contributed by atoms with E-state index in [0.29, 0.717) is 0 Å². The van der Waals surface area contributed by atoms with Crippen LogP contribution in [0, 0.1) is 0 Å². The number of hydrogen-bond donors (Lipinski definition) is 2. The predicted octanol–water partition coefficient (Wildman–Crippen LogP) is 2.76. The molecule has 3 nitrogen and oxygen atoms in total. The molecule has 0 aliphatic heterocycles. The zero-order valence-corrected chi connectivity index (χ0v) is 10.7. The molecule has 0 radical (unpaired) electrons. The zero-order valence-electron chi connectivity index (χ0n) is 10.7. The van der Waals surface area contributed by atoms with Crippen molar-refractivity contribution < 1.29 is 9.90 Å². The molecule has 1 rings (SSSR count). The standard InChI is InChI=1S/C14H21NO2/c1-4-10(3)15-13(14(16)17)12-9-7-6-8-11(12)5-2/h6-10,13,15H,4-5H2,1-3H3,(H,16,17). The Labute approximate surface area is 103 Å². The molecule has 0 bridgehead atoms. The van der Waals surface area contributed by atoms with E-state index in [2.05, 4.69) is 5.32 Å². The third-order valence-corrected chi connectivity index (χ3v) is 3.06. The first-order valence-corrected chi connectivity index (χ1v) is 6.16. The summed E-state index contributed by atoms with van der Waals surface area (Å²) >= 11 is 0. The lowest BCUT2D eigenvalue weighted by Gasteiger charge is -2.21. The van der Waals surface area contributed by atoms with E-state index in [4.69, 9.17) is 0 Å². The van der Waals surface area contributed by atoms with Gasteiger partial charge >= 0.3 is 5.97 Å². The van der Waals surface area contributed by atoms with Crippen LogP contribution in [-0.4, -0.2) is 17.1 Å². The Morgan fingerprint density at radius 3 is 2.53 bits per heavy atom. The van der Waals surface area contributed by atoms with Gasteiger partial charge in [0.05, 0.1) is 0 Å². The van der Waals surface area contributed by atoms with Crippen LogP contribution < -0.4 is 5.32 Å². The second kappa shape index (κ2) is 6.40. The molecule has 0 amide bonds. The first-order valence-electron chi connectivity index (χ1n) is 6.16. The number of aliphatic carboxylic acids is 1. The van der Waals surface area contributed by atoms with Gasteiger partial charge in [-0.25, -0.2) is 0 Å². The van der Waals surface area contributed by atoms with Crippen LogP contribution >= 0.6 is 0 Å². The quantitative estimate of drug-likeness (QED) is 0.797. The highest BCUT2D eigenvalue weighted by Crippen LogP contribution is 2.20. The van der Waals surface area contributed by atoms with E-state index in [9.17, 15) is 9.90 Å². The highest BCUT2D eigenvalue weighted by Gasteiger charge is 2.22. The Hall–Kier alpha value is -1.35. The first kappa shape index (κ1) is 13.7. The van der Waals surface area contributed by atoms with Gasteiger partial charge in [-0.2, -0.15) is 0 Å². The van der Waals surface area contributed by atoms with Crippen LogP contribution in [-0.2, 0) is 11.2 Å². The van der Waals surface area contributed by atoms with E-state index in [1.165, 1.54) is 0 Å². The Morgan fingerprint density at radius 1 is 1.35 bits per heavy atom. The lowest BCUT2D eigenvalue weighted by atomic mass is 9.98. The van der Waals surface area contributed by atoms with Crippen molar-refractivity contribution in [3.8, 4) is 0 Å². The molecular formula is C14H21NO2. The molecule has 1 aromatic carbocycles. The molecule has 0 spiro atoms. The fourth-order valence-electron chi connectivity index (χ4n) is 1.83. The van der Waals surface area contributed by atoms with Crippen molar-refractivity contribution in [3.05, 3.63) is 35.4 Å². The molecule has 0 aliphatic rings. The maximum absolute atomic E-state index is 11.4. The minimum absolute atomic E-state index is 0.195. The maximum Gasteiger partial charge on any atom is 0.325 e. The van der Waals surface area contributed by atoms with Crippen LogP contribution in [0.5, 0.6) is 0 Å². The van der Waals surface area contributed by atoms with E-state index in [0.717, 1.165) is 24.0 Å². The van der Waals surface area contributed by atoms with Crippen molar-refractivity contribution in [2.24, 2.45) is 0 Å². The molecule has 2 atom stereocenters. The van der Waals surface area contributed by atoms with Gasteiger partial charge in [-0.05, 0) is 30.9 Å². The highest BCUT2D eigenvalue weighted by molar-refractivity contribution is 5.76. The third kappa shape index (κ3) is 3.56. The lowest BCUT2D eigenvalue weighted by molar-refractivity contribution is -0.139. The van der Waals surface area contributed by atoms with Crippen molar-refractivity contribution in [1.29, 1.82) is 0 Å². The van der Waals surface area contributed by atoms with Crippen LogP contribution in [0.25, 0.3) is 0 Å². The van der Waals surface area contributed by atoms with E-state index in [1.807, 2.05) is 45.0 Å². The number of carboxylic acids is 1. The van der Waals surface area contributed by atoms with Crippen LogP contribution in [0.1, 0.15) is 44.4 Å². The molecule has 0 aromatic heterocycles. The average molecular weight is 235 g/mol. The molecule has 0 saturated carbocycles. The first-order chi connectivity index (χ1) is 8.10. The van der Waals surface area contributed by atoms with Crippen LogP contribution in [0.15, 0.2) is 24.3 Å². The SMILES string of the molecule is CCc1ccccc1C(NC(C)CC)C(=O)O. The normalized spacial score (nSPS) is 14.3. The molecule has 2 unspecified atom stereocenters. The lowest BCUT2D eigenvalue weighted by Crippen LogP contribution is -2.35. The summed E-state index contributed by atoms with van der Waals surface area (Å²) in [6.45, 7) is 6.09. The van der Waals surface area contributed by atoms with E-state index in [1.54, 1.807) is 0 Å². The van der Waals surface area contributed by atoms with Gasteiger partial charge in [0.15, 0.2) is 0 Å². The predicted molar refractivity (Wildman–Crippen MR) is 69.1 cm³/mol. The van der Waals surface area contributed by atoms with Crippen molar-refractivity contribution in [1.82, 2.24) is 5.32 Å². The summed E-state index contributed by atoms with van der Waals surface area (Å²) in [4.78, 5) is 11.4. The number of nitrogens with one attached hydrogen (secondary N) is 1. The molecular weight excluding hydrogens is 214 g/mol. The van der Waals surface area contributed by atoms with Gasteiger partial charge in [-0.3, -0.25) is 10.1 Å². The van der Waals surface area contributed by atoms with Crippen molar-refractivity contribution in [2.45, 2.75) is 45.7 Å². The van der Waals surface area contributed by atoms with Crippen LogP contribution in [0.3, 0.4) is 0 Å². The maximum atomic E-state index is 11.4. The smallest absolute Gasteiger partial charge is 0.325 e. The van der Waals surface area contributed by atoms with E-state index >= 15 is 0 Å². The molecule has 94 valence electrons. The summed E-state index contributed by atoms with van der Waals surface area (Å²) in [6, 6.07) is 7.31. The average Bonchev–Trinajstić information content (AvgIpc) is 2.35. The number of hydrogen-bond acceptors (Lipinski definition) is 2. The van der Waals surface area contributed by atoms with Gasteiger partial charge in [-0.1, -0.05) is 38.1 Å². The Kier molecular flexibility index (Phi) is 5.16. The monoisotopic (exact) mass is 235 g/mol. The van der Waals surface area contributed by atoms with Crippen molar-refractivity contribution >= 4 is 5.97 Å². The second-order valence-electron chi connectivity index (χ2n) is 4.30. The van der Waals surface area contributed by atoms with Gasteiger partial charge in [-0.15, -0.1) is 0 Å². The summed E-state index contributed by atoms with van der Waals surface area (Å²) in [5.41, 5.74) is 1.97. The number of rotatable bonds is 6. The van der Waals surface area contributed by atoms with Gasteiger partial charge in [0, 0.05) is 6.04 Å². The van der Waals surface area contributed by atoms with Gasteiger partial charge in [0.1, 0.15) is 6.04 Å². The largest absolute Gasteiger partial charge is 0.480 e. The third-order valence-electron chi connectivity index (χ3n) is 3.06. The molecule has 0 heterocycles. The Balaban J connectivity index is 3.01. The van der Waals surface area contributed by atoms with E-state index in [-0.39, 0.29) is 6.04 Å². The van der Waals surface area contributed by atoms with Crippen LogP contribution in [0.4, 0.5) is 0 Å². The van der Waals surface area contributed by atoms with Gasteiger partial charge < -0.3 is 5.11 Å². The summed E-state index contributed by atoms with van der Waals surface area (Å²) in [7, 11) is 0. The summed E-state index contributed by atoms with van der Waals surface area (Å²) in [5.74, 6) is -0.814. The zero-order chi connectivity index (χ0) is 12.8. The highest BCUT2D eigenvalue weighted by atomic mass is 16.4. The van der Waals surface area contributed by atoms with Crippen molar-refractivity contribution in [3.63, 3.8) is 0 Å². The topological polar surface area (TPSA) is 49.3 Å². The second-order valence-corrected chi connectivity index (χ2v) is 4.30. The van der Waals surface area contributed by atoms with Crippen LogP contribution in [0.2, 0.25) is 0 Å². The number of aryl methyl sites for hydroxylation is 1. The van der Waals surface area contributed by atoms with Gasteiger partial charge in [0.25, 0.3) is 0 Å². The minimum Gasteiger partial charge on any atom is -0.480 e.